The number of ether oxygens (including phenoxy) is 2. The van der Waals surface area contributed by atoms with E-state index in [1.54, 1.807) is 32.4 Å². The van der Waals surface area contributed by atoms with E-state index in [1.807, 2.05) is 6.92 Å². The molecule has 2 N–H and O–H groups in total. The van der Waals surface area contributed by atoms with Gasteiger partial charge in [0.2, 0.25) is 5.91 Å². The summed E-state index contributed by atoms with van der Waals surface area (Å²) in [5.74, 6) is -0.752. The maximum Gasteiger partial charge on any atom is 0.230 e. The van der Waals surface area contributed by atoms with Crippen LogP contribution in [-0.2, 0) is 4.79 Å². The van der Waals surface area contributed by atoms with Crippen molar-refractivity contribution < 1.29 is 23.0 Å². The van der Waals surface area contributed by atoms with Gasteiger partial charge >= 0.3 is 0 Å². The lowest BCUT2D eigenvalue weighted by atomic mass is 10.1. The number of H-pyrrole nitrogens is 1. The van der Waals surface area contributed by atoms with Crippen LogP contribution in [0.1, 0.15) is 18.5 Å². The lowest BCUT2D eigenvalue weighted by molar-refractivity contribution is -0.119. The van der Waals surface area contributed by atoms with E-state index < -0.39 is 11.6 Å². The summed E-state index contributed by atoms with van der Waals surface area (Å²) >= 11 is 1.14. The molecule has 0 aliphatic rings. The molecule has 9 heteroatoms. The van der Waals surface area contributed by atoms with Crippen LogP contribution in [0.3, 0.4) is 0 Å². The fraction of sp³-hybridized carbons (Fsp3) is 0.263. The van der Waals surface area contributed by atoms with Gasteiger partial charge in [-0.2, -0.15) is 0 Å². The van der Waals surface area contributed by atoms with Crippen molar-refractivity contribution in [3.05, 3.63) is 47.5 Å². The van der Waals surface area contributed by atoms with Crippen LogP contribution in [-0.4, -0.2) is 35.8 Å². The number of imidazole rings is 1. The molecule has 0 radical (unpaired) electrons. The quantitative estimate of drug-likeness (QED) is 0.582. The minimum Gasteiger partial charge on any atom is -0.497 e. The number of aromatic nitrogens is 2. The maximum atomic E-state index is 13.3. The molecule has 1 unspecified atom stereocenters. The molecular formula is C19H19F2N3O3S. The fourth-order valence-corrected chi connectivity index (χ4v) is 3.42. The van der Waals surface area contributed by atoms with Crippen LogP contribution in [0, 0.1) is 11.6 Å². The van der Waals surface area contributed by atoms with Crippen molar-refractivity contribution in [2.24, 2.45) is 0 Å². The van der Waals surface area contributed by atoms with Gasteiger partial charge in [-0.25, -0.2) is 13.8 Å². The van der Waals surface area contributed by atoms with E-state index in [1.165, 1.54) is 0 Å². The standard InChI is InChI=1S/C19H19F2N3O3S/c1-10(12-6-11(26-2)4-5-17(12)27-3)22-18(25)9-28-19-23-15-7-13(20)14(21)8-16(15)24-19/h4-8,10H,9H2,1-3H3,(H,22,25)(H,23,24). The van der Waals surface area contributed by atoms with E-state index in [-0.39, 0.29) is 17.7 Å². The number of hydrogen-bond acceptors (Lipinski definition) is 5. The van der Waals surface area contributed by atoms with Crippen LogP contribution >= 0.6 is 11.8 Å². The summed E-state index contributed by atoms with van der Waals surface area (Å²) in [4.78, 5) is 19.3. The van der Waals surface area contributed by atoms with E-state index in [9.17, 15) is 13.6 Å². The van der Waals surface area contributed by atoms with E-state index in [0.717, 1.165) is 29.5 Å². The van der Waals surface area contributed by atoms with Gasteiger partial charge in [-0.1, -0.05) is 11.8 Å². The molecule has 148 valence electrons. The smallest absolute Gasteiger partial charge is 0.230 e. The fourth-order valence-electron chi connectivity index (χ4n) is 2.72. The molecule has 1 aromatic heterocycles. The number of hydrogen-bond donors (Lipinski definition) is 2. The Morgan fingerprint density at radius 1 is 1.21 bits per heavy atom. The third kappa shape index (κ3) is 4.36. The van der Waals surface area contributed by atoms with Crippen molar-refractivity contribution in [3.63, 3.8) is 0 Å². The Morgan fingerprint density at radius 3 is 2.68 bits per heavy atom. The average molecular weight is 407 g/mol. The van der Waals surface area contributed by atoms with Crippen LogP contribution in [0.4, 0.5) is 8.78 Å². The van der Waals surface area contributed by atoms with Gasteiger partial charge in [0.15, 0.2) is 16.8 Å². The van der Waals surface area contributed by atoms with Crippen molar-refractivity contribution >= 4 is 28.7 Å². The first-order valence-electron chi connectivity index (χ1n) is 8.40. The Morgan fingerprint density at radius 2 is 1.96 bits per heavy atom. The molecule has 0 bridgehead atoms. The largest absolute Gasteiger partial charge is 0.497 e. The topological polar surface area (TPSA) is 76.2 Å². The van der Waals surface area contributed by atoms with Gasteiger partial charge < -0.3 is 19.8 Å². The second-order valence-electron chi connectivity index (χ2n) is 6.01. The molecule has 0 aliphatic carbocycles. The van der Waals surface area contributed by atoms with Crippen molar-refractivity contribution in [2.45, 2.75) is 18.1 Å². The van der Waals surface area contributed by atoms with Crippen LogP contribution in [0.5, 0.6) is 11.5 Å². The molecule has 6 nitrogen and oxygen atoms in total. The van der Waals surface area contributed by atoms with E-state index >= 15 is 0 Å². The summed E-state index contributed by atoms with van der Waals surface area (Å²) in [5.41, 5.74) is 1.46. The molecule has 2 aromatic carbocycles. The summed E-state index contributed by atoms with van der Waals surface area (Å²) in [5, 5.41) is 3.29. The number of nitrogens with zero attached hydrogens (tertiary/aromatic N) is 1. The van der Waals surface area contributed by atoms with Crippen molar-refractivity contribution in [1.82, 2.24) is 15.3 Å². The van der Waals surface area contributed by atoms with Gasteiger partial charge in [0.25, 0.3) is 0 Å². The third-order valence-corrected chi connectivity index (χ3v) is 5.00. The Bertz CT molecular complexity index is 970. The number of methoxy groups -OCH3 is 2. The normalized spacial score (nSPS) is 12.0. The second kappa shape index (κ2) is 8.47. The molecule has 3 rings (SSSR count). The number of thioether (sulfide) groups is 1. The van der Waals surface area contributed by atoms with E-state index in [4.69, 9.17) is 9.47 Å². The summed E-state index contributed by atoms with van der Waals surface area (Å²) in [6, 6.07) is 7.11. The molecule has 1 heterocycles. The van der Waals surface area contributed by atoms with Crippen LogP contribution in [0.25, 0.3) is 11.0 Å². The van der Waals surface area contributed by atoms with Gasteiger partial charge in [0.05, 0.1) is 37.0 Å². The minimum absolute atomic E-state index is 0.0847. The van der Waals surface area contributed by atoms with Gasteiger partial charge in [-0.05, 0) is 25.1 Å². The predicted octanol–water partition coefficient (Wildman–Crippen LogP) is 3.83. The van der Waals surface area contributed by atoms with E-state index in [2.05, 4.69) is 15.3 Å². The zero-order valence-corrected chi connectivity index (χ0v) is 16.3. The molecule has 0 spiro atoms. The zero-order valence-electron chi connectivity index (χ0n) is 15.5. The Hall–Kier alpha value is -2.81. The SMILES string of the molecule is COc1ccc(OC)c(C(C)NC(=O)CSc2nc3cc(F)c(F)cc3[nH]2)c1. The van der Waals surface area contributed by atoms with Gasteiger partial charge in [-0.15, -0.1) is 0 Å². The highest BCUT2D eigenvalue weighted by Gasteiger charge is 2.16. The molecule has 0 fully saturated rings. The molecule has 0 saturated carbocycles. The number of aromatic amines is 1. The number of carbonyl (C=O) groups is 1. The monoisotopic (exact) mass is 407 g/mol. The Labute approximate surface area is 164 Å². The summed E-state index contributed by atoms with van der Waals surface area (Å²) < 4.78 is 37.1. The zero-order chi connectivity index (χ0) is 20.3. The lowest BCUT2D eigenvalue weighted by Crippen LogP contribution is -2.28. The number of carbonyl (C=O) groups excluding carboxylic acids is 1. The Balaban J connectivity index is 1.64. The van der Waals surface area contributed by atoms with Crippen molar-refractivity contribution in [2.75, 3.05) is 20.0 Å². The van der Waals surface area contributed by atoms with Gasteiger partial charge in [0.1, 0.15) is 11.5 Å². The predicted molar refractivity (Wildman–Crippen MR) is 103 cm³/mol. The van der Waals surface area contributed by atoms with Crippen LogP contribution < -0.4 is 14.8 Å². The first-order valence-corrected chi connectivity index (χ1v) is 9.38. The summed E-state index contributed by atoms with van der Waals surface area (Å²) in [6.45, 7) is 1.84. The summed E-state index contributed by atoms with van der Waals surface area (Å²) in [6.07, 6.45) is 0. The van der Waals surface area contributed by atoms with Crippen LogP contribution in [0.2, 0.25) is 0 Å². The molecule has 1 atom stereocenters. The van der Waals surface area contributed by atoms with Crippen molar-refractivity contribution in [3.8, 4) is 11.5 Å². The van der Waals surface area contributed by atoms with Crippen LogP contribution in [0.15, 0.2) is 35.5 Å². The molecule has 1 amide bonds. The van der Waals surface area contributed by atoms with E-state index in [0.29, 0.717) is 27.7 Å². The number of halogens is 2. The maximum absolute atomic E-state index is 13.3. The van der Waals surface area contributed by atoms with Crippen molar-refractivity contribution in [1.29, 1.82) is 0 Å². The summed E-state index contributed by atoms with van der Waals surface area (Å²) in [7, 11) is 3.12. The average Bonchev–Trinajstić information content (AvgIpc) is 3.07. The molecule has 0 saturated heterocycles. The highest BCUT2D eigenvalue weighted by molar-refractivity contribution is 7.99. The highest BCUT2D eigenvalue weighted by atomic mass is 32.2. The number of benzene rings is 2. The first-order chi connectivity index (χ1) is 13.4. The second-order valence-corrected chi connectivity index (χ2v) is 6.98. The molecular weight excluding hydrogens is 388 g/mol. The highest BCUT2D eigenvalue weighted by Crippen LogP contribution is 2.29. The molecule has 0 aliphatic heterocycles. The third-order valence-electron chi connectivity index (χ3n) is 4.12. The number of fused-ring (bicyclic) bond motifs is 1. The molecule has 3 aromatic rings. The minimum atomic E-state index is -0.964. The van der Waals surface area contributed by atoms with Gasteiger partial charge in [-0.3, -0.25) is 4.79 Å². The number of nitrogens with one attached hydrogen (secondary N) is 2. The first kappa shape index (κ1) is 19.9. The Kier molecular flexibility index (Phi) is 6.03. The molecule has 28 heavy (non-hydrogen) atoms. The lowest BCUT2D eigenvalue weighted by Gasteiger charge is -2.18. The number of amides is 1. The van der Waals surface area contributed by atoms with Gasteiger partial charge in [0, 0.05) is 17.7 Å². The number of rotatable bonds is 7.